The lowest BCUT2D eigenvalue weighted by molar-refractivity contribution is -0.121. The molecule has 0 saturated carbocycles. The number of amides is 1. The molecule has 2 unspecified atom stereocenters. The number of hydrogen-bond donors (Lipinski definition) is 1. The van der Waals surface area contributed by atoms with Crippen molar-refractivity contribution in [1.82, 2.24) is 5.32 Å². The van der Waals surface area contributed by atoms with Gasteiger partial charge in [0.25, 0.3) is 0 Å². The van der Waals surface area contributed by atoms with Crippen molar-refractivity contribution in [2.75, 3.05) is 18.0 Å². The molecule has 0 aliphatic carbocycles. The smallest absolute Gasteiger partial charge is 0.244 e. The van der Waals surface area contributed by atoms with E-state index in [0.717, 1.165) is 18.7 Å². The van der Waals surface area contributed by atoms with Gasteiger partial charge in [-0.15, -0.1) is 0 Å². The number of hydrogen-bond acceptors (Lipinski definition) is 2. The molecule has 1 saturated heterocycles. The predicted octanol–water partition coefficient (Wildman–Crippen LogP) is 2.04. The molecule has 0 bridgehead atoms. The Labute approximate surface area is 103 Å². The van der Waals surface area contributed by atoms with Crippen LogP contribution in [0.5, 0.6) is 0 Å². The summed E-state index contributed by atoms with van der Waals surface area (Å²) in [5.74, 6) is 0.629. The highest BCUT2D eigenvalue weighted by molar-refractivity contribution is 5.97. The SMILES string of the molecule is CCN(C(=O)C1NCCC1C)c1ccccc1. The number of nitrogens with one attached hydrogen (secondary N) is 1. The number of benzene rings is 1. The van der Waals surface area contributed by atoms with Crippen molar-refractivity contribution < 1.29 is 4.79 Å². The molecular formula is C14H20N2O. The number of rotatable bonds is 3. The second kappa shape index (κ2) is 5.32. The molecule has 1 amide bonds. The lowest BCUT2D eigenvalue weighted by Gasteiger charge is -2.26. The Morgan fingerprint density at radius 2 is 2.12 bits per heavy atom. The topological polar surface area (TPSA) is 32.3 Å². The maximum absolute atomic E-state index is 12.5. The van der Waals surface area contributed by atoms with Crippen LogP contribution in [0.3, 0.4) is 0 Å². The maximum atomic E-state index is 12.5. The van der Waals surface area contributed by atoms with Crippen LogP contribution in [0.1, 0.15) is 20.3 Å². The first kappa shape index (κ1) is 12.1. The minimum atomic E-state index is -0.0184. The number of carbonyl (C=O) groups is 1. The maximum Gasteiger partial charge on any atom is 0.244 e. The molecule has 1 N–H and O–H groups in total. The van der Waals surface area contributed by atoms with Crippen molar-refractivity contribution in [2.45, 2.75) is 26.3 Å². The summed E-state index contributed by atoms with van der Waals surface area (Å²) in [6, 6.07) is 9.86. The summed E-state index contributed by atoms with van der Waals surface area (Å²) in [5, 5.41) is 3.30. The summed E-state index contributed by atoms with van der Waals surface area (Å²) in [5.41, 5.74) is 0.987. The van der Waals surface area contributed by atoms with Gasteiger partial charge in [-0.3, -0.25) is 4.79 Å². The molecule has 2 rings (SSSR count). The van der Waals surface area contributed by atoms with E-state index >= 15 is 0 Å². The highest BCUT2D eigenvalue weighted by Crippen LogP contribution is 2.20. The monoisotopic (exact) mass is 232 g/mol. The van der Waals surface area contributed by atoms with Crippen molar-refractivity contribution in [3.8, 4) is 0 Å². The largest absolute Gasteiger partial charge is 0.311 e. The molecule has 2 atom stereocenters. The third kappa shape index (κ3) is 2.50. The zero-order valence-electron chi connectivity index (χ0n) is 10.5. The molecule has 1 aliphatic rings. The second-order valence-corrected chi connectivity index (χ2v) is 4.62. The minimum Gasteiger partial charge on any atom is -0.311 e. The van der Waals surface area contributed by atoms with Gasteiger partial charge in [-0.1, -0.05) is 25.1 Å². The molecule has 0 aromatic heterocycles. The number of nitrogens with zero attached hydrogens (tertiary/aromatic N) is 1. The predicted molar refractivity (Wildman–Crippen MR) is 70.0 cm³/mol. The molecule has 1 heterocycles. The summed E-state index contributed by atoms with van der Waals surface area (Å²) in [7, 11) is 0. The van der Waals surface area contributed by atoms with E-state index in [9.17, 15) is 4.79 Å². The Hall–Kier alpha value is -1.35. The number of carbonyl (C=O) groups excluding carboxylic acids is 1. The first-order valence-corrected chi connectivity index (χ1v) is 6.34. The second-order valence-electron chi connectivity index (χ2n) is 4.62. The molecule has 3 nitrogen and oxygen atoms in total. The first-order chi connectivity index (χ1) is 8.24. The first-order valence-electron chi connectivity index (χ1n) is 6.34. The van der Waals surface area contributed by atoms with Crippen LogP contribution in [0.2, 0.25) is 0 Å². The Balaban J connectivity index is 2.16. The molecule has 17 heavy (non-hydrogen) atoms. The standard InChI is InChI=1S/C14H20N2O/c1-3-16(12-7-5-4-6-8-12)14(17)13-11(2)9-10-15-13/h4-8,11,13,15H,3,9-10H2,1-2H3. The van der Waals surface area contributed by atoms with Gasteiger partial charge in [-0.2, -0.15) is 0 Å². The van der Waals surface area contributed by atoms with Crippen LogP contribution < -0.4 is 10.2 Å². The van der Waals surface area contributed by atoms with Crippen LogP contribution in [-0.4, -0.2) is 25.0 Å². The van der Waals surface area contributed by atoms with Gasteiger partial charge >= 0.3 is 0 Å². The summed E-state index contributed by atoms with van der Waals surface area (Å²) in [4.78, 5) is 14.3. The van der Waals surface area contributed by atoms with Gasteiger partial charge in [0.15, 0.2) is 0 Å². The third-order valence-corrected chi connectivity index (χ3v) is 3.45. The van der Waals surface area contributed by atoms with Gasteiger partial charge in [-0.05, 0) is 37.9 Å². The molecule has 1 fully saturated rings. The summed E-state index contributed by atoms with van der Waals surface area (Å²) in [6.45, 7) is 5.82. The van der Waals surface area contributed by atoms with Gasteiger partial charge in [-0.25, -0.2) is 0 Å². The number of likely N-dealkylation sites (N-methyl/N-ethyl adjacent to an activating group) is 1. The van der Waals surface area contributed by atoms with Crippen molar-refractivity contribution in [3.63, 3.8) is 0 Å². The van der Waals surface area contributed by atoms with Crippen LogP contribution in [0.15, 0.2) is 30.3 Å². The quantitative estimate of drug-likeness (QED) is 0.865. The van der Waals surface area contributed by atoms with Crippen molar-refractivity contribution in [1.29, 1.82) is 0 Å². The lowest BCUT2D eigenvalue weighted by Crippen LogP contribution is -2.46. The summed E-state index contributed by atoms with van der Waals surface area (Å²) < 4.78 is 0. The fourth-order valence-electron chi connectivity index (χ4n) is 2.41. The van der Waals surface area contributed by atoms with Crippen molar-refractivity contribution >= 4 is 11.6 Å². The van der Waals surface area contributed by atoms with Gasteiger partial charge in [0.1, 0.15) is 0 Å². The average Bonchev–Trinajstić information content (AvgIpc) is 2.77. The fourth-order valence-corrected chi connectivity index (χ4v) is 2.41. The number of para-hydroxylation sites is 1. The van der Waals surface area contributed by atoms with Crippen LogP contribution in [0.25, 0.3) is 0 Å². The third-order valence-electron chi connectivity index (χ3n) is 3.45. The van der Waals surface area contributed by atoms with E-state index in [1.165, 1.54) is 0 Å². The average molecular weight is 232 g/mol. The molecule has 3 heteroatoms. The van der Waals surface area contributed by atoms with E-state index in [1.54, 1.807) is 0 Å². The van der Waals surface area contributed by atoms with E-state index in [2.05, 4.69) is 12.2 Å². The Morgan fingerprint density at radius 3 is 2.65 bits per heavy atom. The Bertz CT molecular complexity index is 377. The summed E-state index contributed by atoms with van der Waals surface area (Å²) >= 11 is 0. The highest BCUT2D eigenvalue weighted by atomic mass is 16.2. The highest BCUT2D eigenvalue weighted by Gasteiger charge is 2.32. The molecule has 1 aliphatic heterocycles. The van der Waals surface area contributed by atoms with E-state index in [1.807, 2.05) is 42.2 Å². The van der Waals surface area contributed by atoms with Crippen LogP contribution in [0.4, 0.5) is 5.69 Å². The fraction of sp³-hybridized carbons (Fsp3) is 0.500. The van der Waals surface area contributed by atoms with Crippen molar-refractivity contribution in [3.05, 3.63) is 30.3 Å². The molecule has 92 valence electrons. The van der Waals surface area contributed by atoms with Gasteiger partial charge in [0, 0.05) is 12.2 Å². The van der Waals surface area contributed by atoms with E-state index in [4.69, 9.17) is 0 Å². The Kier molecular flexibility index (Phi) is 3.79. The zero-order valence-corrected chi connectivity index (χ0v) is 10.5. The lowest BCUT2D eigenvalue weighted by atomic mass is 10.0. The van der Waals surface area contributed by atoms with E-state index in [0.29, 0.717) is 12.5 Å². The molecule has 0 spiro atoms. The normalized spacial score (nSPS) is 23.6. The molecular weight excluding hydrogens is 212 g/mol. The van der Waals surface area contributed by atoms with Gasteiger partial charge < -0.3 is 10.2 Å². The van der Waals surface area contributed by atoms with Crippen molar-refractivity contribution in [2.24, 2.45) is 5.92 Å². The molecule has 0 radical (unpaired) electrons. The van der Waals surface area contributed by atoms with Crippen LogP contribution >= 0.6 is 0 Å². The van der Waals surface area contributed by atoms with E-state index in [-0.39, 0.29) is 11.9 Å². The minimum absolute atomic E-state index is 0.0184. The number of anilines is 1. The van der Waals surface area contributed by atoms with Crippen LogP contribution in [-0.2, 0) is 4.79 Å². The molecule has 1 aromatic carbocycles. The van der Waals surface area contributed by atoms with Gasteiger partial charge in [0.05, 0.1) is 6.04 Å². The molecule has 1 aromatic rings. The van der Waals surface area contributed by atoms with E-state index < -0.39 is 0 Å². The van der Waals surface area contributed by atoms with Gasteiger partial charge in [0.2, 0.25) is 5.91 Å². The zero-order chi connectivity index (χ0) is 12.3. The van der Waals surface area contributed by atoms with Crippen LogP contribution in [0, 0.1) is 5.92 Å². The summed E-state index contributed by atoms with van der Waals surface area (Å²) in [6.07, 6.45) is 1.09. The Morgan fingerprint density at radius 1 is 1.41 bits per heavy atom.